The minimum absolute atomic E-state index is 0.0399. The van der Waals surface area contributed by atoms with Crippen LogP contribution >= 0.6 is 22.9 Å². The first-order valence-electron chi connectivity index (χ1n) is 25.5. The highest BCUT2D eigenvalue weighted by atomic mass is 35.5. The summed E-state index contributed by atoms with van der Waals surface area (Å²) in [6.45, 7) is 26.5. The molecule has 1 aliphatic heterocycles. The highest BCUT2D eigenvalue weighted by molar-refractivity contribution is 7.13. The fourth-order valence-electron chi connectivity index (χ4n) is 10.5. The van der Waals surface area contributed by atoms with E-state index in [0.717, 1.165) is 21.7 Å². The number of aliphatic hydroxyl groups excluding tert-OH is 1. The maximum absolute atomic E-state index is 14.4. The zero-order chi connectivity index (χ0) is 54.3. The molecule has 2 aliphatic rings. The molecule has 3 amide bonds. The largest absolute Gasteiger partial charge is 0.494 e. The van der Waals surface area contributed by atoms with Crippen molar-refractivity contribution in [3.05, 3.63) is 112 Å². The summed E-state index contributed by atoms with van der Waals surface area (Å²) in [5, 5.41) is 26.7. The summed E-state index contributed by atoms with van der Waals surface area (Å²) in [7, 11) is 0. The topological polar surface area (TPSA) is 183 Å². The van der Waals surface area contributed by atoms with Gasteiger partial charge in [-0.15, -0.1) is 11.3 Å². The Morgan fingerprint density at radius 1 is 0.973 bits per heavy atom. The van der Waals surface area contributed by atoms with Crippen molar-refractivity contribution >= 4 is 46.6 Å². The van der Waals surface area contributed by atoms with Gasteiger partial charge in [-0.1, -0.05) is 90.9 Å². The Morgan fingerprint density at radius 3 is 2.23 bits per heavy atom. The Bertz CT molecular complexity index is 2670. The first-order chi connectivity index (χ1) is 34.7. The summed E-state index contributed by atoms with van der Waals surface area (Å²) in [5.41, 5.74) is 4.40. The molecule has 3 aromatic carbocycles. The van der Waals surface area contributed by atoms with E-state index >= 15 is 0 Å². The normalized spacial score (nSPS) is 19.3. The smallest absolute Gasteiger partial charge is 0.410 e. The van der Waals surface area contributed by atoms with Crippen LogP contribution in [0.4, 0.5) is 4.79 Å². The molecular weight excluding hydrogens is 976 g/mol. The number of benzene rings is 3. The molecule has 74 heavy (non-hydrogen) atoms. The van der Waals surface area contributed by atoms with Crippen LogP contribution in [0, 0.1) is 40.4 Å². The summed E-state index contributed by atoms with van der Waals surface area (Å²) in [5.74, 6) is 0.464. The van der Waals surface area contributed by atoms with Crippen LogP contribution in [-0.4, -0.2) is 99.7 Å². The molecule has 0 bridgehead atoms. The monoisotopic (exact) mass is 1050 g/mol. The van der Waals surface area contributed by atoms with E-state index in [1.165, 1.54) is 4.90 Å². The van der Waals surface area contributed by atoms with Crippen LogP contribution < -0.4 is 20.1 Å². The van der Waals surface area contributed by atoms with Gasteiger partial charge in [-0.05, 0) is 106 Å². The molecule has 398 valence electrons. The number of carbonyl (C=O) groups excluding carboxylic acids is 4. The predicted octanol–water partition coefficient (Wildman–Crippen LogP) is 10.9. The first-order valence-corrected chi connectivity index (χ1v) is 26.8. The number of carbonyl (C=O) groups is 4. The predicted molar refractivity (Wildman–Crippen MR) is 290 cm³/mol. The van der Waals surface area contributed by atoms with Gasteiger partial charge in [0, 0.05) is 60.6 Å². The van der Waals surface area contributed by atoms with Gasteiger partial charge in [-0.25, -0.2) is 9.78 Å². The van der Waals surface area contributed by atoms with E-state index < -0.39 is 41.2 Å². The number of nitrogens with zero attached hydrogens (tertiary/aromatic N) is 4. The molecule has 0 radical (unpaired) electrons. The molecule has 3 N–H and O–H groups in total. The van der Waals surface area contributed by atoms with E-state index in [-0.39, 0.29) is 54.2 Å². The number of ketones is 1. The van der Waals surface area contributed by atoms with Gasteiger partial charge in [-0.3, -0.25) is 19.3 Å². The lowest BCUT2D eigenvalue weighted by atomic mass is 9.44. The molecule has 14 nitrogen and oxygen atoms in total. The third kappa shape index (κ3) is 14.2. The Morgan fingerprint density at radius 2 is 1.64 bits per heavy atom. The second kappa shape index (κ2) is 23.7. The van der Waals surface area contributed by atoms with E-state index in [9.17, 15) is 29.5 Å². The van der Waals surface area contributed by atoms with Gasteiger partial charge in [0.1, 0.15) is 41.9 Å². The number of β-amino-alcohol motifs (C(OH)–C–C–N with tert-alkyl or cyclic N) is 1. The Hall–Kier alpha value is -5.95. The molecule has 1 saturated heterocycles. The van der Waals surface area contributed by atoms with Gasteiger partial charge in [-0.2, -0.15) is 5.26 Å². The van der Waals surface area contributed by atoms with E-state index in [0.29, 0.717) is 78.6 Å². The van der Waals surface area contributed by atoms with Crippen molar-refractivity contribution in [2.24, 2.45) is 22.2 Å². The fourth-order valence-corrected chi connectivity index (χ4v) is 11.5. The minimum Gasteiger partial charge on any atom is -0.494 e. The number of amides is 3. The van der Waals surface area contributed by atoms with E-state index in [4.69, 9.17) is 25.8 Å². The van der Waals surface area contributed by atoms with Gasteiger partial charge >= 0.3 is 6.09 Å². The molecule has 2 heterocycles. The summed E-state index contributed by atoms with van der Waals surface area (Å²) < 4.78 is 18.1. The second-order valence-electron chi connectivity index (χ2n) is 23.0. The maximum Gasteiger partial charge on any atom is 0.410 e. The second-order valence-corrected chi connectivity index (χ2v) is 24.3. The lowest BCUT2D eigenvalue weighted by Crippen LogP contribution is -2.66. The molecule has 4 aromatic rings. The number of aromatic nitrogens is 1. The highest BCUT2D eigenvalue weighted by Crippen LogP contribution is 2.62. The minimum atomic E-state index is -0.971. The lowest BCUT2D eigenvalue weighted by Gasteiger charge is -2.63. The summed E-state index contributed by atoms with van der Waals surface area (Å²) in [6.07, 6.45) is 0.996. The zero-order valence-electron chi connectivity index (χ0n) is 45.0. The van der Waals surface area contributed by atoms with E-state index in [1.54, 1.807) is 79.5 Å². The Labute approximate surface area is 446 Å². The van der Waals surface area contributed by atoms with Crippen LogP contribution in [0.5, 0.6) is 11.5 Å². The van der Waals surface area contributed by atoms with Crippen molar-refractivity contribution in [2.45, 2.75) is 145 Å². The first kappa shape index (κ1) is 57.3. The molecule has 1 aliphatic carbocycles. The van der Waals surface area contributed by atoms with Gasteiger partial charge in [0.25, 0.3) is 0 Å². The van der Waals surface area contributed by atoms with E-state index in [1.807, 2.05) is 45.3 Å². The van der Waals surface area contributed by atoms with E-state index in [2.05, 4.69) is 68.1 Å². The van der Waals surface area contributed by atoms with Gasteiger partial charge in [0.2, 0.25) is 11.8 Å². The molecule has 16 heteroatoms. The van der Waals surface area contributed by atoms with Crippen LogP contribution in [0.1, 0.15) is 129 Å². The number of aryl methyl sites for hydroxylation is 1. The molecule has 0 unspecified atom stereocenters. The number of hydrogen-bond acceptors (Lipinski definition) is 12. The van der Waals surface area contributed by atoms with Crippen molar-refractivity contribution in [1.82, 2.24) is 25.4 Å². The molecule has 1 aromatic heterocycles. The van der Waals surface area contributed by atoms with Crippen molar-refractivity contribution in [2.75, 3.05) is 26.2 Å². The van der Waals surface area contributed by atoms with Crippen LogP contribution in [0.15, 0.2) is 84.5 Å². The number of halogens is 1. The third-order valence-corrected chi connectivity index (χ3v) is 15.5. The fraction of sp³-hybridized carbons (Fsp3) is 0.517. The molecule has 2 fully saturated rings. The molecule has 0 spiro atoms. The van der Waals surface area contributed by atoms with Crippen LogP contribution in [0.3, 0.4) is 0 Å². The number of unbranched alkanes of at least 4 members (excludes halogenated alkanes) is 2. The van der Waals surface area contributed by atoms with Crippen LogP contribution in [0.2, 0.25) is 5.02 Å². The number of likely N-dealkylation sites (tertiary alicyclic amines) is 1. The summed E-state index contributed by atoms with van der Waals surface area (Å²) >= 11 is 7.87. The molecule has 6 rings (SSSR count). The summed E-state index contributed by atoms with van der Waals surface area (Å²) in [6, 6.07) is 21.0. The van der Waals surface area contributed by atoms with Gasteiger partial charge in [0.05, 0.1) is 45.4 Å². The van der Waals surface area contributed by atoms with Crippen molar-refractivity contribution in [3.8, 4) is 28.0 Å². The van der Waals surface area contributed by atoms with Crippen molar-refractivity contribution in [1.29, 1.82) is 5.26 Å². The third-order valence-electron chi connectivity index (χ3n) is 14.2. The standard InChI is InChI=1S/C58H75ClN6O8S/c1-36(61-32-38-16-18-40(19-17-38)50-37(2)62-35-74-50)46-28-42(66)33-65(46)52(69)51(55(3,4)5)63-49(68)34-64(54(70)73-56(6,7)8)26-14-13-15-27-71-43-23-20-39(21-24-43)47(67)30-48-57(9,10)53(58(48,11)12)72-44-25-22-41(31-60)45(59)29-44/h16-25,29,35,42,46,48,51,53,61,66H,1,13-15,26-28,30,32-34H2,2-12H3,(H,63,68)/t42-,46+,48?,51-,53?/m1/s1. The molecule has 1 saturated carbocycles. The molecule has 3 atom stereocenters. The number of ether oxygens (including phenoxy) is 3. The maximum atomic E-state index is 14.4. The number of aliphatic hydroxyl groups is 1. The van der Waals surface area contributed by atoms with Gasteiger partial charge in [0.15, 0.2) is 5.78 Å². The Balaban J connectivity index is 0.975. The highest BCUT2D eigenvalue weighted by Gasteiger charge is 2.63. The van der Waals surface area contributed by atoms with Crippen molar-refractivity contribution < 1.29 is 38.5 Å². The average Bonchev–Trinajstić information content (AvgIpc) is 3.95. The lowest BCUT2D eigenvalue weighted by molar-refractivity contribution is -0.196. The Kier molecular flexibility index (Phi) is 18.4. The van der Waals surface area contributed by atoms with Crippen LogP contribution in [-0.2, 0) is 20.9 Å². The summed E-state index contributed by atoms with van der Waals surface area (Å²) in [4.78, 5) is 63.8. The number of nitrogens with one attached hydrogen (secondary N) is 2. The van der Waals surface area contributed by atoms with Gasteiger partial charge < -0.3 is 34.9 Å². The quantitative estimate of drug-likeness (QED) is 0.0533. The SMILES string of the molecule is C=C(NCc1ccc(-c2scnc2C)cc1)[C@@H]1C[C@@H](O)CN1C(=O)[C@@H](NC(=O)CN(CCCCCOc1ccc(C(=O)CC2C(C)(C)C(Oc3ccc(C#N)c(Cl)c3)C2(C)C)cc1)C(=O)OC(C)(C)C)C(C)(C)C. The number of nitriles is 1. The average molecular weight is 1050 g/mol. The number of thiazole rings is 1. The zero-order valence-corrected chi connectivity index (χ0v) is 46.5. The number of rotatable bonds is 21. The number of Topliss-reactive ketones (excluding diaryl/α,β-unsaturated/α-hetero) is 1. The van der Waals surface area contributed by atoms with Crippen molar-refractivity contribution in [3.63, 3.8) is 0 Å². The van der Waals surface area contributed by atoms with Crippen LogP contribution in [0.25, 0.3) is 10.4 Å². The number of hydrogen-bond donors (Lipinski definition) is 3. The molecular formula is C58H75ClN6O8S.